The summed E-state index contributed by atoms with van der Waals surface area (Å²) in [6.45, 7) is 2.87. The van der Waals surface area contributed by atoms with Crippen LogP contribution in [0.25, 0.3) is 0 Å². The number of benzene rings is 1. The number of hydrogen-bond donors (Lipinski definition) is 2. The van der Waals surface area contributed by atoms with Crippen LogP contribution >= 0.6 is 0 Å². The third-order valence-electron chi connectivity index (χ3n) is 2.21. The highest BCUT2D eigenvalue weighted by Gasteiger charge is 2.27. The summed E-state index contributed by atoms with van der Waals surface area (Å²) in [5.74, 6) is 1.28. The van der Waals surface area contributed by atoms with E-state index in [1.165, 1.54) is 0 Å². The first-order valence-corrected chi connectivity index (χ1v) is 4.61. The van der Waals surface area contributed by atoms with Gasteiger partial charge in [-0.2, -0.15) is 0 Å². The molecule has 0 aliphatic carbocycles. The van der Waals surface area contributed by atoms with Gasteiger partial charge in [-0.3, -0.25) is 0 Å². The summed E-state index contributed by atoms with van der Waals surface area (Å²) in [7, 11) is 0. The van der Waals surface area contributed by atoms with Gasteiger partial charge in [0.1, 0.15) is 12.4 Å². The maximum atomic E-state index is 9.51. The second kappa shape index (κ2) is 3.38. The minimum atomic E-state index is -0.210. The van der Waals surface area contributed by atoms with Gasteiger partial charge in [-0.25, -0.2) is 0 Å². The molecule has 1 heterocycles. The van der Waals surface area contributed by atoms with Gasteiger partial charge in [0.05, 0.1) is 18.2 Å². The average molecular weight is 195 g/mol. The third kappa shape index (κ3) is 1.28. The Morgan fingerprint density at radius 2 is 2.43 bits per heavy atom. The van der Waals surface area contributed by atoms with Crippen LogP contribution in [0.5, 0.6) is 17.2 Å². The lowest BCUT2D eigenvalue weighted by molar-refractivity contribution is 0.317. The van der Waals surface area contributed by atoms with Crippen molar-refractivity contribution in [2.24, 2.45) is 5.73 Å². The maximum absolute atomic E-state index is 9.51. The van der Waals surface area contributed by atoms with Gasteiger partial charge in [0, 0.05) is 0 Å². The molecule has 1 aromatic carbocycles. The molecule has 1 aliphatic rings. The van der Waals surface area contributed by atoms with Crippen molar-refractivity contribution >= 4 is 0 Å². The number of rotatable bonds is 2. The maximum Gasteiger partial charge on any atom is 0.169 e. The number of hydrogen-bond acceptors (Lipinski definition) is 4. The molecule has 14 heavy (non-hydrogen) atoms. The molecule has 1 aliphatic heterocycles. The second-order valence-corrected chi connectivity index (χ2v) is 3.18. The largest absolute Gasteiger partial charge is 0.504 e. The van der Waals surface area contributed by atoms with Crippen LogP contribution in [0.15, 0.2) is 12.1 Å². The zero-order valence-corrected chi connectivity index (χ0v) is 7.99. The summed E-state index contributed by atoms with van der Waals surface area (Å²) in [6, 6.07) is 3.06. The van der Waals surface area contributed by atoms with Crippen LogP contribution in [-0.4, -0.2) is 18.3 Å². The first kappa shape index (κ1) is 9.15. The quantitative estimate of drug-likeness (QED) is 0.743. The molecular weight excluding hydrogens is 182 g/mol. The highest BCUT2D eigenvalue weighted by atomic mass is 16.5. The Balaban J connectivity index is 2.49. The van der Waals surface area contributed by atoms with Crippen LogP contribution in [0.2, 0.25) is 0 Å². The fourth-order valence-electron chi connectivity index (χ4n) is 1.61. The molecular formula is C10H13NO3. The van der Waals surface area contributed by atoms with E-state index in [0.717, 1.165) is 5.56 Å². The monoisotopic (exact) mass is 195 g/mol. The van der Waals surface area contributed by atoms with Crippen molar-refractivity contribution in [2.45, 2.75) is 13.0 Å². The van der Waals surface area contributed by atoms with Gasteiger partial charge >= 0.3 is 0 Å². The summed E-state index contributed by atoms with van der Waals surface area (Å²) in [5.41, 5.74) is 6.60. The molecule has 0 amide bonds. The zero-order valence-electron chi connectivity index (χ0n) is 7.99. The first-order valence-electron chi connectivity index (χ1n) is 4.61. The average Bonchev–Trinajstić information content (AvgIpc) is 2.55. The van der Waals surface area contributed by atoms with Gasteiger partial charge in [-0.1, -0.05) is 0 Å². The SMILES string of the molecule is CCOc1ccc(O)c2c1[C@H](N)CO2. The number of fused-ring (bicyclic) bond motifs is 1. The summed E-state index contributed by atoms with van der Waals surface area (Å²) in [4.78, 5) is 0. The highest BCUT2D eigenvalue weighted by molar-refractivity contribution is 5.56. The van der Waals surface area contributed by atoms with Crippen molar-refractivity contribution in [1.82, 2.24) is 0 Å². The van der Waals surface area contributed by atoms with Crippen molar-refractivity contribution in [3.63, 3.8) is 0 Å². The standard InChI is InChI=1S/C10H13NO3/c1-2-13-8-4-3-7(12)10-9(8)6(11)5-14-10/h3-4,6,12H,2,5,11H2,1H3/t6-/m1/s1. The molecule has 0 spiro atoms. The molecule has 3 N–H and O–H groups in total. The minimum absolute atomic E-state index is 0.122. The van der Waals surface area contributed by atoms with Gasteiger partial charge < -0.3 is 20.3 Å². The zero-order chi connectivity index (χ0) is 10.1. The molecule has 0 radical (unpaired) electrons. The third-order valence-corrected chi connectivity index (χ3v) is 2.21. The van der Waals surface area contributed by atoms with E-state index < -0.39 is 0 Å². The van der Waals surface area contributed by atoms with E-state index in [0.29, 0.717) is 24.7 Å². The van der Waals surface area contributed by atoms with Crippen LogP contribution in [0.4, 0.5) is 0 Å². The number of nitrogens with two attached hydrogens (primary N) is 1. The van der Waals surface area contributed by atoms with Crippen LogP contribution in [0, 0.1) is 0 Å². The summed E-state index contributed by atoms with van der Waals surface area (Å²) >= 11 is 0. The van der Waals surface area contributed by atoms with Gasteiger partial charge in [-0.05, 0) is 19.1 Å². The van der Waals surface area contributed by atoms with Crippen LogP contribution in [-0.2, 0) is 0 Å². The van der Waals surface area contributed by atoms with Gasteiger partial charge in [0.25, 0.3) is 0 Å². The molecule has 0 fully saturated rings. The molecule has 0 bridgehead atoms. The molecule has 0 aromatic heterocycles. The van der Waals surface area contributed by atoms with E-state index in [-0.39, 0.29) is 11.8 Å². The highest BCUT2D eigenvalue weighted by Crippen LogP contribution is 2.44. The Hall–Kier alpha value is -1.42. The van der Waals surface area contributed by atoms with Gasteiger partial charge in [0.15, 0.2) is 11.5 Å². The summed E-state index contributed by atoms with van der Waals surface area (Å²) in [6.07, 6.45) is 0. The van der Waals surface area contributed by atoms with E-state index in [1.54, 1.807) is 12.1 Å². The Labute approximate surface area is 82.2 Å². The molecule has 0 saturated heterocycles. The minimum Gasteiger partial charge on any atom is -0.504 e. The lowest BCUT2D eigenvalue weighted by atomic mass is 10.1. The van der Waals surface area contributed by atoms with E-state index in [2.05, 4.69) is 0 Å². The number of aromatic hydroxyl groups is 1. The van der Waals surface area contributed by atoms with E-state index in [4.69, 9.17) is 15.2 Å². The lowest BCUT2D eigenvalue weighted by Gasteiger charge is -2.10. The Bertz CT molecular complexity index is 351. The topological polar surface area (TPSA) is 64.7 Å². The molecule has 4 nitrogen and oxygen atoms in total. The Kier molecular flexibility index (Phi) is 2.21. The predicted octanol–water partition coefficient (Wildman–Crippen LogP) is 1.18. The Morgan fingerprint density at radius 1 is 1.64 bits per heavy atom. The van der Waals surface area contributed by atoms with Gasteiger partial charge in [0.2, 0.25) is 0 Å². The number of phenols is 1. The first-order chi connectivity index (χ1) is 6.74. The Morgan fingerprint density at radius 3 is 3.14 bits per heavy atom. The van der Waals surface area contributed by atoms with E-state index >= 15 is 0 Å². The smallest absolute Gasteiger partial charge is 0.169 e. The molecule has 1 aromatic rings. The summed E-state index contributed by atoms with van der Waals surface area (Å²) < 4.78 is 10.7. The molecule has 4 heteroatoms. The predicted molar refractivity (Wildman–Crippen MR) is 51.7 cm³/mol. The summed E-state index contributed by atoms with van der Waals surface area (Å²) in [5, 5.41) is 9.51. The van der Waals surface area contributed by atoms with Gasteiger partial charge in [-0.15, -0.1) is 0 Å². The van der Waals surface area contributed by atoms with E-state index in [9.17, 15) is 5.11 Å². The molecule has 0 unspecified atom stereocenters. The fraction of sp³-hybridized carbons (Fsp3) is 0.400. The van der Waals surface area contributed by atoms with Crippen molar-refractivity contribution in [3.8, 4) is 17.2 Å². The van der Waals surface area contributed by atoms with Crippen LogP contribution in [0.1, 0.15) is 18.5 Å². The molecule has 76 valence electrons. The van der Waals surface area contributed by atoms with Crippen LogP contribution in [0.3, 0.4) is 0 Å². The normalized spacial score (nSPS) is 18.9. The lowest BCUT2D eigenvalue weighted by Crippen LogP contribution is -2.12. The van der Waals surface area contributed by atoms with Crippen molar-refractivity contribution in [1.29, 1.82) is 0 Å². The number of phenolic OH excluding ortho intramolecular Hbond substituents is 1. The van der Waals surface area contributed by atoms with E-state index in [1.807, 2.05) is 6.92 Å². The fourth-order valence-corrected chi connectivity index (χ4v) is 1.61. The molecule has 1 atom stereocenters. The second-order valence-electron chi connectivity index (χ2n) is 3.18. The van der Waals surface area contributed by atoms with Crippen molar-refractivity contribution in [2.75, 3.05) is 13.2 Å². The molecule has 2 rings (SSSR count). The van der Waals surface area contributed by atoms with Crippen LogP contribution < -0.4 is 15.2 Å². The van der Waals surface area contributed by atoms with Crippen molar-refractivity contribution < 1.29 is 14.6 Å². The number of ether oxygens (including phenoxy) is 2. The molecule has 0 saturated carbocycles. The van der Waals surface area contributed by atoms with Crippen molar-refractivity contribution in [3.05, 3.63) is 17.7 Å².